The standard InChI is InChI=1S/C14H16F2N2O/c1-14(2)5-8(6-14)18-7-17-11-4-9(19)3-10(12(11)18)13(15)16/h3-4,7-8,13,19H,5-6H2,1-2H3. The van der Waals surface area contributed by atoms with Crippen LogP contribution in [-0.4, -0.2) is 14.7 Å². The zero-order valence-corrected chi connectivity index (χ0v) is 10.9. The lowest BCUT2D eigenvalue weighted by atomic mass is 9.68. The van der Waals surface area contributed by atoms with Gasteiger partial charge in [-0.2, -0.15) is 0 Å². The molecule has 0 bridgehead atoms. The minimum absolute atomic E-state index is 0.141. The molecule has 1 aliphatic rings. The van der Waals surface area contributed by atoms with Gasteiger partial charge in [0.25, 0.3) is 6.43 Å². The highest BCUT2D eigenvalue weighted by Gasteiger charge is 2.38. The van der Waals surface area contributed by atoms with Crippen molar-refractivity contribution in [3.63, 3.8) is 0 Å². The molecule has 1 aromatic carbocycles. The fourth-order valence-corrected chi connectivity index (χ4v) is 3.04. The van der Waals surface area contributed by atoms with E-state index in [4.69, 9.17) is 0 Å². The molecule has 1 aliphatic carbocycles. The smallest absolute Gasteiger partial charge is 0.266 e. The van der Waals surface area contributed by atoms with Crippen molar-refractivity contribution in [3.05, 3.63) is 24.0 Å². The van der Waals surface area contributed by atoms with Crippen LogP contribution in [0, 0.1) is 5.41 Å². The molecule has 1 fully saturated rings. The first-order valence-electron chi connectivity index (χ1n) is 6.35. The van der Waals surface area contributed by atoms with Gasteiger partial charge in [-0.15, -0.1) is 0 Å². The molecule has 2 aromatic rings. The van der Waals surface area contributed by atoms with Gasteiger partial charge in [0, 0.05) is 17.7 Å². The zero-order valence-electron chi connectivity index (χ0n) is 10.9. The van der Waals surface area contributed by atoms with Gasteiger partial charge in [-0.05, 0) is 24.3 Å². The summed E-state index contributed by atoms with van der Waals surface area (Å²) in [4.78, 5) is 4.14. The lowest BCUT2D eigenvalue weighted by Crippen LogP contribution is -2.33. The maximum Gasteiger partial charge on any atom is 0.266 e. The maximum absolute atomic E-state index is 13.1. The van der Waals surface area contributed by atoms with Crippen LogP contribution < -0.4 is 0 Å². The Kier molecular flexibility index (Phi) is 2.56. The van der Waals surface area contributed by atoms with Crippen molar-refractivity contribution in [1.29, 1.82) is 0 Å². The van der Waals surface area contributed by atoms with E-state index in [1.54, 1.807) is 6.33 Å². The van der Waals surface area contributed by atoms with Crippen molar-refractivity contribution in [2.24, 2.45) is 5.41 Å². The van der Waals surface area contributed by atoms with E-state index in [1.165, 1.54) is 6.07 Å². The van der Waals surface area contributed by atoms with Crippen LogP contribution in [0.15, 0.2) is 18.5 Å². The van der Waals surface area contributed by atoms with Crippen LogP contribution in [0.3, 0.4) is 0 Å². The van der Waals surface area contributed by atoms with Gasteiger partial charge in [-0.3, -0.25) is 0 Å². The van der Waals surface area contributed by atoms with Gasteiger partial charge >= 0.3 is 0 Å². The summed E-state index contributed by atoms with van der Waals surface area (Å²) in [7, 11) is 0. The minimum atomic E-state index is -2.61. The quantitative estimate of drug-likeness (QED) is 0.890. The number of aromatic hydroxyl groups is 1. The van der Waals surface area contributed by atoms with E-state index in [2.05, 4.69) is 18.8 Å². The lowest BCUT2D eigenvalue weighted by Gasteiger charge is -2.43. The van der Waals surface area contributed by atoms with E-state index in [0.29, 0.717) is 11.0 Å². The van der Waals surface area contributed by atoms with E-state index in [-0.39, 0.29) is 22.8 Å². The molecule has 0 amide bonds. The fourth-order valence-electron chi connectivity index (χ4n) is 3.04. The van der Waals surface area contributed by atoms with Gasteiger partial charge in [0.2, 0.25) is 0 Å². The first-order valence-corrected chi connectivity index (χ1v) is 6.35. The number of aromatic nitrogens is 2. The number of benzene rings is 1. The molecule has 3 nitrogen and oxygen atoms in total. The first-order chi connectivity index (χ1) is 8.87. The normalized spacial score (nSPS) is 19.0. The predicted octanol–water partition coefficient (Wildman–Crippen LogP) is 4.04. The SMILES string of the molecule is CC1(C)CC(n2cnc3cc(O)cc(C(F)F)c32)C1. The molecule has 0 unspecified atom stereocenters. The number of alkyl halides is 2. The van der Waals surface area contributed by atoms with Crippen LogP contribution in [0.5, 0.6) is 5.75 Å². The minimum Gasteiger partial charge on any atom is -0.508 e. The van der Waals surface area contributed by atoms with Crippen molar-refractivity contribution in [1.82, 2.24) is 9.55 Å². The van der Waals surface area contributed by atoms with Crippen LogP contribution in [0.25, 0.3) is 11.0 Å². The maximum atomic E-state index is 13.1. The number of phenolic OH excluding ortho intramolecular Hbond substituents is 1. The Morgan fingerprint density at radius 2 is 2.05 bits per heavy atom. The molecular weight excluding hydrogens is 250 g/mol. The van der Waals surface area contributed by atoms with Crippen molar-refractivity contribution in [2.75, 3.05) is 0 Å². The van der Waals surface area contributed by atoms with Crippen molar-refractivity contribution < 1.29 is 13.9 Å². The molecule has 1 N–H and O–H groups in total. The molecule has 3 rings (SSSR count). The van der Waals surface area contributed by atoms with Crippen LogP contribution >= 0.6 is 0 Å². The summed E-state index contributed by atoms with van der Waals surface area (Å²) in [5.74, 6) is -0.165. The Balaban J connectivity index is 2.12. The molecular formula is C14H16F2N2O. The third kappa shape index (κ3) is 1.97. The van der Waals surface area contributed by atoms with Crippen LogP contribution in [-0.2, 0) is 0 Å². The Hall–Kier alpha value is -1.65. The van der Waals surface area contributed by atoms with E-state index in [1.807, 2.05) is 4.57 Å². The van der Waals surface area contributed by atoms with Gasteiger partial charge in [-0.1, -0.05) is 13.8 Å². The van der Waals surface area contributed by atoms with Gasteiger partial charge in [0.15, 0.2) is 0 Å². The van der Waals surface area contributed by atoms with Crippen LogP contribution in [0.4, 0.5) is 8.78 Å². The zero-order chi connectivity index (χ0) is 13.8. The Labute approximate surface area is 109 Å². The molecule has 0 spiro atoms. The number of halogens is 2. The second kappa shape index (κ2) is 3.92. The number of nitrogens with zero attached hydrogens (tertiary/aromatic N) is 2. The molecule has 1 saturated carbocycles. The highest BCUT2D eigenvalue weighted by Crippen LogP contribution is 2.49. The van der Waals surface area contributed by atoms with Gasteiger partial charge in [0.05, 0.1) is 17.4 Å². The lowest BCUT2D eigenvalue weighted by molar-refractivity contribution is 0.106. The van der Waals surface area contributed by atoms with Gasteiger partial charge < -0.3 is 9.67 Å². The Bertz CT molecular complexity index is 626. The number of hydrogen-bond acceptors (Lipinski definition) is 2. The topological polar surface area (TPSA) is 38.0 Å². The molecule has 1 heterocycles. The van der Waals surface area contributed by atoms with Crippen molar-refractivity contribution in [2.45, 2.75) is 39.2 Å². The monoisotopic (exact) mass is 266 g/mol. The summed E-state index contributed by atoms with van der Waals surface area (Å²) in [5, 5.41) is 9.48. The van der Waals surface area contributed by atoms with Crippen molar-refractivity contribution >= 4 is 11.0 Å². The van der Waals surface area contributed by atoms with Gasteiger partial charge in [0.1, 0.15) is 5.75 Å². The largest absolute Gasteiger partial charge is 0.508 e. The summed E-state index contributed by atoms with van der Waals surface area (Å²) in [6.07, 6.45) is 0.915. The van der Waals surface area contributed by atoms with Gasteiger partial charge in [-0.25, -0.2) is 13.8 Å². The number of imidazole rings is 1. The van der Waals surface area contributed by atoms with Crippen molar-refractivity contribution in [3.8, 4) is 5.75 Å². The number of hydrogen-bond donors (Lipinski definition) is 1. The molecule has 102 valence electrons. The van der Waals surface area contributed by atoms with Crippen LogP contribution in [0.2, 0.25) is 0 Å². The molecule has 5 heteroatoms. The fraction of sp³-hybridized carbons (Fsp3) is 0.500. The molecule has 1 aromatic heterocycles. The second-order valence-electron chi connectivity index (χ2n) is 6.08. The van der Waals surface area contributed by atoms with E-state index in [0.717, 1.165) is 18.9 Å². The molecule has 19 heavy (non-hydrogen) atoms. The predicted molar refractivity (Wildman–Crippen MR) is 68.4 cm³/mol. The molecule has 0 saturated heterocycles. The second-order valence-corrected chi connectivity index (χ2v) is 6.08. The molecule has 0 atom stereocenters. The number of phenols is 1. The third-order valence-corrected chi connectivity index (χ3v) is 3.89. The van der Waals surface area contributed by atoms with Crippen LogP contribution in [0.1, 0.15) is 44.7 Å². The molecule has 0 radical (unpaired) electrons. The average Bonchev–Trinajstić information content (AvgIpc) is 2.67. The Morgan fingerprint density at radius 3 is 2.63 bits per heavy atom. The number of rotatable bonds is 2. The summed E-state index contributed by atoms with van der Waals surface area (Å²) >= 11 is 0. The highest BCUT2D eigenvalue weighted by atomic mass is 19.3. The Morgan fingerprint density at radius 1 is 1.37 bits per heavy atom. The summed E-state index contributed by atoms with van der Waals surface area (Å²) in [5.41, 5.74) is 1.01. The van der Waals surface area contributed by atoms with E-state index >= 15 is 0 Å². The summed E-state index contributed by atoms with van der Waals surface area (Å²) in [6, 6.07) is 2.79. The third-order valence-electron chi connectivity index (χ3n) is 3.89. The first kappa shape index (κ1) is 12.4. The number of fused-ring (bicyclic) bond motifs is 1. The summed E-state index contributed by atoms with van der Waals surface area (Å²) in [6.45, 7) is 4.34. The van der Waals surface area contributed by atoms with E-state index < -0.39 is 6.43 Å². The average molecular weight is 266 g/mol. The highest BCUT2D eigenvalue weighted by molar-refractivity contribution is 5.81. The van der Waals surface area contributed by atoms with E-state index in [9.17, 15) is 13.9 Å². The molecule has 0 aliphatic heterocycles. The summed E-state index contributed by atoms with van der Waals surface area (Å²) < 4.78 is 28.1.